The third-order valence-electron chi connectivity index (χ3n) is 6.36. The molecule has 7 nitrogen and oxygen atoms in total. The van der Waals surface area contributed by atoms with Gasteiger partial charge in [-0.05, 0) is 38.3 Å². The van der Waals surface area contributed by atoms with E-state index in [0.29, 0.717) is 19.5 Å². The van der Waals surface area contributed by atoms with E-state index in [1.54, 1.807) is 4.31 Å². The lowest BCUT2D eigenvalue weighted by molar-refractivity contribution is 0.300. The zero-order valence-corrected chi connectivity index (χ0v) is 19.4. The minimum Gasteiger partial charge on any atom is -0.373 e. The van der Waals surface area contributed by atoms with Gasteiger partial charge in [-0.3, -0.25) is 0 Å². The first-order valence-electron chi connectivity index (χ1n) is 11.2. The lowest BCUT2D eigenvalue weighted by Crippen LogP contribution is -2.41. The van der Waals surface area contributed by atoms with Crippen LogP contribution < -0.4 is 5.32 Å². The van der Waals surface area contributed by atoms with Gasteiger partial charge in [0.15, 0.2) is 0 Å². The first-order chi connectivity index (χ1) is 15.0. The van der Waals surface area contributed by atoms with Crippen LogP contribution in [0.1, 0.15) is 47.8 Å². The molecule has 0 spiro atoms. The number of aromatic nitrogens is 2. The fraction of sp³-hybridized carbons (Fsp3) is 0.565. The molecule has 1 saturated heterocycles. The zero-order valence-electron chi connectivity index (χ0n) is 18.5. The highest BCUT2D eigenvalue weighted by Crippen LogP contribution is 2.30. The van der Waals surface area contributed by atoms with Crippen LogP contribution in [-0.2, 0) is 29.4 Å². The van der Waals surface area contributed by atoms with Gasteiger partial charge in [0, 0.05) is 51.1 Å². The second-order valence-corrected chi connectivity index (χ2v) is 10.8. The first-order valence-corrected chi connectivity index (χ1v) is 12.8. The highest BCUT2D eigenvalue weighted by Gasteiger charge is 2.32. The van der Waals surface area contributed by atoms with Crippen molar-refractivity contribution in [1.29, 1.82) is 0 Å². The quantitative estimate of drug-likeness (QED) is 0.709. The number of fused-ring (bicyclic) bond motifs is 1. The van der Waals surface area contributed by atoms with E-state index in [-0.39, 0.29) is 11.7 Å². The Hall–Kier alpha value is -2.03. The second kappa shape index (κ2) is 9.63. The molecule has 0 radical (unpaired) electrons. The topological polar surface area (TPSA) is 78.4 Å². The van der Waals surface area contributed by atoms with Gasteiger partial charge in [-0.2, -0.15) is 0 Å². The molecule has 1 aromatic carbocycles. The molecular formula is C23H33N5O2S. The maximum absolute atomic E-state index is 13.0. The van der Waals surface area contributed by atoms with Gasteiger partial charge in [-0.25, -0.2) is 22.7 Å². The Kier molecular flexibility index (Phi) is 6.89. The van der Waals surface area contributed by atoms with Gasteiger partial charge in [-0.1, -0.05) is 30.3 Å². The Balaban J connectivity index is 1.44. The highest BCUT2D eigenvalue weighted by molar-refractivity contribution is 7.89. The third kappa shape index (κ3) is 5.25. The fourth-order valence-corrected chi connectivity index (χ4v) is 6.18. The summed E-state index contributed by atoms with van der Waals surface area (Å²) >= 11 is 0. The summed E-state index contributed by atoms with van der Waals surface area (Å²) in [6, 6.07) is 10.1. The van der Waals surface area contributed by atoms with E-state index in [9.17, 15) is 8.42 Å². The SMILES string of the molecule is CNc1nc(C2CCCN(S(=O)(=O)CCCc3ccccc3)C2)nc2c1CN(C)CC2. The van der Waals surface area contributed by atoms with Crippen molar-refractivity contribution in [3.05, 3.63) is 53.0 Å². The summed E-state index contributed by atoms with van der Waals surface area (Å²) in [6.07, 6.45) is 4.11. The summed E-state index contributed by atoms with van der Waals surface area (Å²) < 4.78 is 27.7. The molecule has 1 atom stereocenters. The summed E-state index contributed by atoms with van der Waals surface area (Å²) in [7, 11) is 0.724. The van der Waals surface area contributed by atoms with Crippen molar-refractivity contribution >= 4 is 15.8 Å². The smallest absolute Gasteiger partial charge is 0.214 e. The number of likely N-dealkylation sites (N-methyl/N-ethyl adjacent to an activating group) is 1. The monoisotopic (exact) mass is 443 g/mol. The van der Waals surface area contributed by atoms with Crippen LogP contribution in [0.15, 0.2) is 30.3 Å². The number of benzene rings is 1. The average Bonchev–Trinajstić information content (AvgIpc) is 2.79. The Bertz CT molecular complexity index is 979. The van der Waals surface area contributed by atoms with Crippen LogP contribution >= 0.6 is 0 Å². The molecule has 4 rings (SSSR count). The standard InChI is InChI=1S/C23H33N5O2S/c1-24-23-20-17-27(2)14-12-21(20)25-22(26-23)19-11-6-13-28(16-19)31(29,30)15-7-10-18-8-4-3-5-9-18/h3-5,8-9,19H,6-7,10-17H2,1-2H3,(H,24,25,26). The Morgan fingerprint density at radius 2 is 1.97 bits per heavy atom. The van der Waals surface area contributed by atoms with Gasteiger partial charge < -0.3 is 10.2 Å². The summed E-state index contributed by atoms with van der Waals surface area (Å²) in [4.78, 5) is 12.0. The molecule has 0 saturated carbocycles. The van der Waals surface area contributed by atoms with Crippen molar-refractivity contribution in [2.24, 2.45) is 0 Å². The van der Waals surface area contributed by atoms with Crippen LogP contribution in [0.25, 0.3) is 0 Å². The maximum Gasteiger partial charge on any atom is 0.214 e. The van der Waals surface area contributed by atoms with Crippen molar-refractivity contribution in [2.75, 3.05) is 44.8 Å². The number of sulfonamides is 1. The number of nitrogens with zero attached hydrogens (tertiary/aromatic N) is 4. The fourth-order valence-electron chi connectivity index (χ4n) is 4.60. The van der Waals surface area contributed by atoms with Crippen LogP contribution in [0.5, 0.6) is 0 Å². The number of rotatable bonds is 7. The normalized spacial score (nSPS) is 20.4. The molecule has 1 N–H and O–H groups in total. The van der Waals surface area contributed by atoms with Crippen molar-refractivity contribution in [3.63, 3.8) is 0 Å². The van der Waals surface area contributed by atoms with E-state index < -0.39 is 10.0 Å². The lowest BCUT2D eigenvalue weighted by atomic mass is 9.97. The highest BCUT2D eigenvalue weighted by atomic mass is 32.2. The molecule has 3 heterocycles. The van der Waals surface area contributed by atoms with Gasteiger partial charge in [-0.15, -0.1) is 0 Å². The molecular weight excluding hydrogens is 410 g/mol. The minimum absolute atomic E-state index is 0.0507. The first kappa shape index (κ1) is 22.2. The molecule has 2 aliphatic rings. The summed E-state index contributed by atoms with van der Waals surface area (Å²) in [5.74, 6) is 1.91. The molecule has 1 aromatic heterocycles. The summed E-state index contributed by atoms with van der Waals surface area (Å²) in [5, 5.41) is 3.23. The number of aryl methyl sites for hydroxylation is 1. The van der Waals surface area contributed by atoms with E-state index in [2.05, 4.69) is 17.3 Å². The molecule has 0 aliphatic carbocycles. The van der Waals surface area contributed by atoms with Crippen LogP contribution in [0.4, 0.5) is 5.82 Å². The summed E-state index contributed by atoms with van der Waals surface area (Å²) in [5.41, 5.74) is 3.46. The van der Waals surface area contributed by atoms with E-state index in [0.717, 1.165) is 56.1 Å². The molecule has 0 bridgehead atoms. The van der Waals surface area contributed by atoms with Crippen molar-refractivity contribution in [1.82, 2.24) is 19.2 Å². The van der Waals surface area contributed by atoms with Gasteiger partial charge in [0.25, 0.3) is 0 Å². The minimum atomic E-state index is -3.28. The number of nitrogens with one attached hydrogen (secondary N) is 1. The van der Waals surface area contributed by atoms with Gasteiger partial charge >= 0.3 is 0 Å². The molecule has 31 heavy (non-hydrogen) atoms. The van der Waals surface area contributed by atoms with E-state index in [4.69, 9.17) is 9.97 Å². The third-order valence-corrected chi connectivity index (χ3v) is 8.28. The number of hydrogen-bond donors (Lipinski definition) is 1. The molecule has 2 aliphatic heterocycles. The predicted octanol–water partition coefficient (Wildman–Crippen LogP) is 2.65. The average molecular weight is 444 g/mol. The van der Waals surface area contributed by atoms with Gasteiger partial charge in [0.2, 0.25) is 10.0 Å². The number of anilines is 1. The molecule has 1 unspecified atom stereocenters. The Morgan fingerprint density at radius 1 is 1.16 bits per heavy atom. The largest absolute Gasteiger partial charge is 0.373 e. The molecule has 8 heteroatoms. The van der Waals surface area contributed by atoms with Crippen LogP contribution in [-0.4, -0.2) is 67.1 Å². The van der Waals surface area contributed by atoms with Gasteiger partial charge in [0.1, 0.15) is 11.6 Å². The van der Waals surface area contributed by atoms with Crippen molar-refractivity contribution in [2.45, 2.75) is 44.6 Å². The van der Waals surface area contributed by atoms with Crippen molar-refractivity contribution in [3.8, 4) is 0 Å². The Morgan fingerprint density at radius 3 is 2.74 bits per heavy atom. The summed E-state index contributed by atoms with van der Waals surface area (Å²) in [6.45, 7) is 2.91. The van der Waals surface area contributed by atoms with Crippen LogP contribution in [0.3, 0.4) is 0 Å². The number of hydrogen-bond acceptors (Lipinski definition) is 6. The lowest BCUT2D eigenvalue weighted by Gasteiger charge is -2.32. The van der Waals surface area contributed by atoms with E-state index >= 15 is 0 Å². The molecule has 0 amide bonds. The van der Waals surface area contributed by atoms with Crippen LogP contribution in [0.2, 0.25) is 0 Å². The van der Waals surface area contributed by atoms with E-state index in [1.165, 1.54) is 11.1 Å². The zero-order chi connectivity index (χ0) is 21.8. The molecule has 2 aromatic rings. The predicted molar refractivity (Wildman–Crippen MR) is 124 cm³/mol. The van der Waals surface area contributed by atoms with Crippen LogP contribution in [0, 0.1) is 0 Å². The van der Waals surface area contributed by atoms with Crippen molar-refractivity contribution < 1.29 is 8.42 Å². The number of piperidine rings is 1. The second-order valence-electron chi connectivity index (χ2n) is 8.70. The Labute approximate surface area is 185 Å². The molecule has 1 fully saturated rings. The van der Waals surface area contributed by atoms with Gasteiger partial charge in [0.05, 0.1) is 11.4 Å². The van der Waals surface area contributed by atoms with E-state index in [1.807, 2.05) is 37.4 Å². The maximum atomic E-state index is 13.0. The molecule has 168 valence electrons.